The topological polar surface area (TPSA) is 98.1 Å². The number of aromatic nitrogens is 5. The maximum absolute atomic E-state index is 11.5. The third-order valence-electron chi connectivity index (χ3n) is 4.13. The van der Waals surface area contributed by atoms with Crippen LogP contribution < -0.4 is 15.0 Å². The van der Waals surface area contributed by atoms with Gasteiger partial charge in [0.05, 0.1) is 12.2 Å². The second-order valence-electron chi connectivity index (χ2n) is 6.01. The van der Waals surface area contributed by atoms with E-state index in [1.54, 1.807) is 41.1 Å². The number of halogens is 2. The smallest absolute Gasteiger partial charge is 0.239 e. The minimum atomic E-state index is -0.0361. The molecule has 1 N–H and O–H groups in total. The summed E-state index contributed by atoms with van der Waals surface area (Å²) in [6, 6.07) is 10.6. The second kappa shape index (κ2) is 7.99. The summed E-state index contributed by atoms with van der Waals surface area (Å²) >= 11 is 12.1. The minimum Gasteiger partial charge on any atom is -0.470 e. The van der Waals surface area contributed by atoms with E-state index in [0.717, 1.165) is 5.69 Å². The first-order valence-electron chi connectivity index (χ1n) is 8.44. The number of piperazine rings is 1. The Labute approximate surface area is 170 Å². The molecule has 1 aromatic carbocycles. The first-order chi connectivity index (χ1) is 13.6. The van der Waals surface area contributed by atoms with Gasteiger partial charge in [-0.3, -0.25) is 4.79 Å². The Kier molecular flexibility index (Phi) is 5.27. The number of hydrogen-bond acceptors (Lipinski definition) is 7. The lowest BCUT2D eigenvalue weighted by atomic mass is 10.3. The van der Waals surface area contributed by atoms with Gasteiger partial charge in [-0.25, -0.2) is 4.68 Å². The molecule has 0 spiro atoms. The number of benzene rings is 1. The van der Waals surface area contributed by atoms with Gasteiger partial charge in [-0.1, -0.05) is 28.4 Å². The highest BCUT2D eigenvalue weighted by Gasteiger charge is 2.18. The van der Waals surface area contributed by atoms with Crippen molar-refractivity contribution in [1.82, 2.24) is 30.5 Å². The number of rotatable bonds is 5. The highest BCUT2D eigenvalue weighted by Crippen LogP contribution is 2.21. The fourth-order valence-electron chi connectivity index (χ4n) is 2.73. The van der Waals surface area contributed by atoms with Crippen molar-refractivity contribution < 1.29 is 9.53 Å². The van der Waals surface area contributed by atoms with Crippen molar-refractivity contribution in [1.29, 1.82) is 0 Å². The zero-order valence-electron chi connectivity index (χ0n) is 14.5. The molecule has 9 nitrogen and oxygen atoms in total. The maximum Gasteiger partial charge on any atom is 0.239 e. The third kappa shape index (κ3) is 4.00. The van der Waals surface area contributed by atoms with E-state index < -0.39 is 0 Å². The number of carbonyl (C=O) groups is 1. The summed E-state index contributed by atoms with van der Waals surface area (Å²) in [6.07, 6.45) is 0. The molecular weight excluding hydrogens is 405 g/mol. The molecule has 1 saturated heterocycles. The minimum absolute atomic E-state index is 0.0361. The monoisotopic (exact) mass is 419 g/mol. The number of nitrogens with zero attached hydrogens (tertiary/aromatic N) is 6. The van der Waals surface area contributed by atoms with Crippen LogP contribution in [0.15, 0.2) is 36.4 Å². The number of anilines is 1. The van der Waals surface area contributed by atoms with Gasteiger partial charge in [-0.05, 0) is 30.3 Å². The Morgan fingerprint density at radius 1 is 1.07 bits per heavy atom. The Bertz CT molecular complexity index is 976. The predicted molar refractivity (Wildman–Crippen MR) is 103 cm³/mol. The fraction of sp³-hybridized carbons (Fsp3) is 0.235. The molecule has 28 heavy (non-hydrogen) atoms. The average Bonchev–Trinajstić information content (AvgIpc) is 3.08. The predicted octanol–water partition coefficient (Wildman–Crippen LogP) is 1.88. The highest BCUT2D eigenvalue weighted by atomic mass is 35.5. The van der Waals surface area contributed by atoms with Crippen LogP contribution in [0, 0.1) is 0 Å². The van der Waals surface area contributed by atoms with Crippen molar-refractivity contribution in [3.05, 3.63) is 52.3 Å². The molecule has 0 unspecified atom stereocenters. The number of amides is 1. The van der Waals surface area contributed by atoms with Gasteiger partial charge in [-0.2, -0.15) is 0 Å². The van der Waals surface area contributed by atoms with Gasteiger partial charge in [0, 0.05) is 24.2 Å². The van der Waals surface area contributed by atoms with E-state index in [1.165, 1.54) is 0 Å². The van der Waals surface area contributed by atoms with Crippen molar-refractivity contribution in [3.8, 4) is 11.6 Å². The second-order valence-corrected chi connectivity index (χ2v) is 6.80. The SMILES string of the molecule is O=C1CN(c2ccc(OCc3c(Cl)nnn3-c3ccc(Cl)cc3)nn2)CCN1. The summed E-state index contributed by atoms with van der Waals surface area (Å²) in [5.41, 5.74) is 1.33. The van der Waals surface area contributed by atoms with Crippen molar-refractivity contribution in [2.45, 2.75) is 6.61 Å². The molecule has 3 aromatic rings. The van der Waals surface area contributed by atoms with Crippen molar-refractivity contribution in [2.75, 3.05) is 24.5 Å². The van der Waals surface area contributed by atoms with Crippen LogP contribution in [0.25, 0.3) is 5.69 Å². The van der Waals surface area contributed by atoms with Gasteiger partial charge < -0.3 is 15.0 Å². The van der Waals surface area contributed by atoms with Gasteiger partial charge in [0.15, 0.2) is 11.0 Å². The van der Waals surface area contributed by atoms with Crippen LogP contribution in [0.5, 0.6) is 5.88 Å². The third-order valence-corrected chi connectivity index (χ3v) is 4.68. The van der Waals surface area contributed by atoms with E-state index in [-0.39, 0.29) is 24.2 Å². The molecule has 144 valence electrons. The normalized spacial score (nSPS) is 14.1. The van der Waals surface area contributed by atoms with Crippen LogP contribution >= 0.6 is 23.2 Å². The molecule has 0 radical (unpaired) electrons. The summed E-state index contributed by atoms with van der Waals surface area (Å²) in [6.45, 7) is 1.63. The van der Waals surface area contributed by atoms with Crippen molar-refractivity contribution >= 4 is 34.9 Å². The zero-order valence-corrected chi connectivity index (χ0v) is 16.1. The number of hydrogen-bond donors (Lipinski definition) is 1. The zero-order chi connectivity index (χ0) is 19.5. The van der Waals surface area contributed by atoms with Gasteiger partial charge in [0.2, 0.25) is 11.8 Å². The number of ether oxygens (including phenoxy) is 1. The molecule has 2 aromatic heterocycles. The summed E-state index contributed by atoms with van der Waals surface area (Å²) < 4.78 is 7.27. The van der Waals surface area contributed by atoms with Crippen LogP contribution in [0.3, 0.4) is 0 Å². The van der Waals surface area contributed by atoms with Gasteiger partial charge in [0.25, 0.3) is 0 Å². The highest BCUT2D eigenvalue weighted by molar-refractivity contribution is 6.30. The summed E-state index contributed by atoms with van der Waals surface area (Å²) in [4.78, 5) is 13.3. The van der Waals surface area contributed by atoms with E-state index in [0.29, 0.717) is 35.5 Å². The Hall–Kier alpha value is -2.91. The van der Waals surface area contributed by atoms with E-state index >= 15 is 0 Å². The number of carbonyl (C=O) groups excluding carboxylic acids is 1. The first kappa shape index (κ1) is 18.5. The molecule has 0 bridgehead atoms. The molecule has 3 heterocycles. The van der Waals surface area contributed by atoms with Gasteiger partial charge in [0.1, 0.15) is 12.3 Å². The largest absolute Gasteiger partial charge is 0.470 e. The quantitative estimate of drug-likeness (QED) is 0.673. The maximum atomic E-state index is 11.5. The van der Waals surface area contributed by atoms with E-state index in [9.17, 15) is 4.79 Å². The Balaban J connectivity index is 1.45. The molecule has 1 amide bonds. The molecule has 1 aliphatic heterocycles. The number of nitrogens with one attached hydrogen (secondary N) is 1. The van der Waals surface area contributed by atoms with Gasteiger partial charge in [-0.15, -0.1) is 15.3 Å². The van der Waals surface area contributed by atoms with Crippen LogP contribution in [0.1, 0.15) is 5.69 Å². The lowest BCUT2D eigenvalue weighted by molar-refractivity contribution is -0.120. The standard InChI is InChI=1S/C17H15Cl2N7O2/c18-11-1-3-12(4-2-11)26-13(17(19)23-24-26)10-28-16-6-5-14(21-22-16)25-8-7-20-15(27)9-25/h1-6H,7-10H2,(H,20,27). The molecule has 1 fully saturated rings. The summed E-state index contributed by atoms with van der Waals surface area (Å²) in [7, 11) is 0. The summed E-state index contributed by atoms with van der Waals surface area (Å²) in [5, 5.41) is 19.8. The fourth-order valence-corrected chi connectivity index (χ4v) is 3.02. The molecular formula is C17H15Cl2N7O2. The lowest BCUT2D eigenvalue weighted by Crippen LogP contribution is -2.48. The van der Waals surface area contributed by atoms with E-state index in [4.69, 9.17) is 27.9 Å². The molecule has 11 heteroatoms. The van der Waals surface area contributed by atoms with Crippen LogP contribution in [-0.2, 0) is 11.4 Å². The van der Waals surface area contributed by atoms with E-state index in [1.807, 2.05) is 4.90 Å². The molecule has 4 rings (SSSR count). The van der Waals surface area contributed by atoms with Crippen molar-refractivity contribution in [3.63, 3.8) is 0 Å². The van der Waals surface area contributed by atoms with Crippen LogP contribution in [0.2, 0.25) is 10.2 Å². The molecule has 1 aliphatic rings. The molecule has 0 atom stereocenters. The molecule has 0 saturated carbocycles. The molecule has 0 aliphatic carbocycles. The summed E-state index contributed by atoms with van der Waals surface area (Å²) in [5.74, 6) is 0.907. The Morgan fingerprint density at radius 2 is 1.89 bits per heavy atom. The van der Waals surface area contributed by atoms with E-state index in [2.05, 4.69) is 25.8 Å². The Morgan fingerprint density at radius 3 is 2.61 bits per heavy atom. The van der Waals surface area contributed by atoms with Crippen LogP contribution in [-0.4, -0.2) is 50.7 Å². The first-order valence-corrected chi connectivity index (χ1v) is 9.20. The average molecular weight is 420 g/mol. The van der Waals surface area contributed by atoms with Crippen LogP contribution in [0.4, 0.5) is 5.82 Å². The van der Waals surface area contributed by atoms with Gasteiger partial charge >= 0.3 is 0 Å². The lowest BCUT2D eigenvalue weighted by Gasteiger charge is -2.26. The van der Waals surface area contributed by atoms with Crippen molar-refractivity contribution in [2.24, 2.45) is 0 Å².